The monoisotopic (exact) mass is 977 g/mol. The maximum atomic E-state index is 2.55. The van der Waals surface area contributed by atoms with Gasteiger partial charge in [-0.2, -0.15) is 0 Å². The van der Waals surface area contributed by atoms with Gasteiger partial charge in [-0.3, -0.25) is 0 Å². The van der Waals surface area contributed by atoms with Gasteiger partial charge in [0.25, 0.3) is 0 Å². The van der Waals surface area contributed by atoms with Crippen molar-refractivity contribution in [2.24, 2.45) is 0 Å². The van der Waals surface area contributed by atoms with Crippen LogP contribution in [0.15, 0.2) is 261 Å². The van der Waals surface area contributed by atoms with Crippen LogP contribution in [-0.4, -0.2) is 19.1 Å². The van der Waals surface area contributed by atoms with Gasteiger partial charge in [-0.05, 0) is 0 Å². The predicted molar refractivity (Wildman–Crippen MR) is 310 cm³/mol. The zero-order valence-electron chi connectivity index (χ0n) is 39.2. The second-order valence-corrected chi connectivity index (χ2v) is 21.3. The smallest absolute Gasteiger partial charge is 0.0544 e. The van der Waals surface area contributed by atoms with Gasteiger partial charge in [0, 0.05) is 0 Å². The Labute approximate surface area is 422 Å². The molecule has 0 amide bonds. The van der Waals surface area contributed by atoms with Crippen LogP contribution in [0.5, 0.6) is 0 Å². The van der Waals surface area contributed by atoms with E-state index < -0.39 is 0 Å². The molecule has 0 N–H and O–H groups in total. The third kappa shape index (κ3) is 6.27. The van der Waals surface area contributed by atoms with Crippen molar-refractivity contribution >= 4 is 98.7 Å². The molecule has 1 nitrogen and oxygen atoms in total. The quantitative estimate of drug-likeness (QED) is 0.116. The molecule has 0 aliphatic carbocycles. The molecule has 334 valence electrons. The van der Waals surface area contributed by atoms with Gasteiger partial charge in [0.2, 0.25) is 0 Å². The number of nitrogens with zero attached hydrogens (tertiary/aromatic N) is 1. The molecule has 15 rings (SSSR count). The third-order valence-electron chi connectivity index (χ3n) is 15.2. The molecule has 0 saturated heterocycles. The minimum absolute atomic E-state index is 0.0989. The van der Waals surface area contributed by atoms with Crippen molar-refractivity contribution in [2.45, 2.75) is 0 Å². The number of hydrogen-bond donors (Lipinski definition) is 0. The van der Waals surface area contributed by atoms with Crippen LogP contribution in [-0.2, 0) is 0 Å². The molecule has 15 aromatic rings. The van der Waals surface area contributed by atoms with E-state index in [0.29, 0.717) is 0 Å². The Hall–Kier alpha value is -8.78. The third-order valence-corrected chi connectivity index (χ3v) is 17.7. The van der Waals surface area contributed by atoms with E-state index in [9.17, 15) is 0 Å². The Morgan fingerprint density at radius 1 is 0.236 bits per heavy atom. The van der Waals surface area contributed by atoms with Crippen LogP contribution in [0.25, 0.3) is 146 Å². The van der Waals surface area contributed by atoms with Gasteiger partial charge in [0.1, 0.15) is 0 Å². The molecular formula is C70H43NSe. The van der Waals surface area contributed by atoms with Gasteiger partial charge in [0.15, 0.2) is 0 Å². The Bertz CT molecular complexity index is 4450. The van der Waals surface area contributed by atoms with Crippen molar-refractivity contribution < 1.29 is 0 Å². The molecule has 0 aliphatic rings. The van der Waals surface area contributed by atoms with E-state index in [-0.39, 0.29) is 14.5 Å². The summed E-state index contributed by atoms with van der Waals surface area (Å²) in [7, 11) is 0. The van der Waals surface area contributed by atoms with E-state index >= 15 is 0 Å². The zero-order chi connectivity index (χ0) is 47.3. The second kappa shape index (κ2) is 16.4. The zero-order valence-corrected chi connectivity index (χ0v) is 40.9. The first kappa shape index (κ1) is 41.0. The summed E-state index contributed by atoms with van der Waals surface area (Å²) in [6, 6.07) is 97.2. The van der Waals surface area contributed by atoms with Crippen molar-refractivity contribution in [3.05, 3.63) is 261 Å². The van der Waals surface area contributed by atoms with Gasteiger partial charge >= 0.3 is 365 Å². The van der Waals surface area contributed by atoms with Crippen LogP contribution in [0.3, 0.4) is 0 Å². The average molecular weight is 977 g/mol. The maximum absolute atomic E-state index is 2.55. The van der Waals surface area contributed by atoms with Crippen LogP contribution in [0, 0.1) is 0 Å². The summed E-state index contributed by atoms with van der Waals surface area (Å²) in [6.45, 7) is 0. The number of aromatic nitrogens is 1. The van der Waals surface area contributed by atoms with E-state index in [1.54, 1.807) is 0 Å². The van der Waals surface area contributed by atoms with E-state index in [4.69, 9.17) is 0 Å². The number of fused-ring (bicyclic) bond motifs is 10. The Balaban J connectivity index is 0.963. The summed E-state index contributed by atoms with van der Waals surface area (Å²) in [5, 5.41) is 15.3. The normalized spacial score (nSPS) is 11.9. The topological polar surface area (TPSA) is 4.93 Å². The number of rotatable bonds is 6. The molecule has 13 aromatic carbocycles. The van der Waals surface area contributed by atoms with Crippen molar-refractivity contribution in [1.29, 1.82) is 0 Å². The molecule has 0 unspecified atom stereocenters. The summed E-state index contributed by atoms with van der Waals surface area (Å²) >= 11 is 0.0989. The fraction of sp³-hybridized carbons (Fsp3) is 0. The molecule has 0 atom stereocenters. The first-order valence-corrected chi connectivity index (χ1v) is 26.5. The molecule has 0 saturated carbocycles. The van der Waals surface area contributed by atoms with Gasteiger partial charge in [-0.1, -0.05) is 60.7 Å². The molecule has 2 aromatic heterocycles. The first-order chi connectivity index (χ1) is 35.7. The fourth-order valence-electron chi connectivity index (χ4n) is 12.0. The Morgan fingerprint density at radius 2 is 0.625 bits per heavy atom. The van der Waals surface area contributed by atoms with Crippen LogP contribution in [0.2, 0.25) is 0 Å². The van der Waals surface area contributed by atoms with Crippen LogP contribution in [0.1, 0.15) is 0 Å². The molecule has 2 heterocycles. The fourth-order valence-corrected chi connectivity index (χ4v) is 14.6. The largest absolute Gasteiger partial charge is 0.0617 e. The van der Waals surface area contributed by atoms with Gasteiger partial charge < -0.3 is 0 Å². The predicted octanol–water partition coefficient (Wildman–Crippen LogP) is 19.1. The van der Waals surface area contributed by atoms with Gasteiger partial charge in [-0.15, -0.1) is 0 Å². The van der Waals surface area contributed by atoms with Crippen molar-refractivity contribution in [3.8, 4) is 61.3 Å². The summed E-state index contributed by atoms with van der Waals surface area (Å²) in [4.78, 5) is 0. The van der Waals surface area contributed by atoms with E-state index in [2.05, 4.69) is 265 Å². The summed E-state index contributed by atoms with van der Waals surface area (Å²) in [6.07, 6.45) is 0. The Morgan fingerprint density at radius 3 is 1.12 bits per heavy atom. The molecule has 0 spiro atoms. The standard InChI is InChI=1S/C70H43NSe/c1-4-19-44(20-5-1)47-35-38-63-60(41-47)61-42-48(45-21-6-2-7-22-45)36-39-64(61)71(63)69-56-31-16-14-29-54(56)68(55-30-15-17-32-57(55)69)59-34-18-33-58-62-43-49(37-40-65(62)72-70(58)59)67-52-27-12-10-25-50(52)66(46-23-8-3-9-24-46)51-26-11-13-28-53(51)67/h1-43H. The SMILES string of the molecule is c1ccc(-c2ccc3c(c2)c2cc(-c4ccccc4)ccc2n3-c2c3ccccc3c(-c3cccc4c3[se]c3ccc(-c5c6ccccc6c(-c6ccccc6)c6ccccc56)cc34)c3ccccc23)cc1. The van der Waals surface area contributed by atoms with Gasteiger partial charge in [0.05, 0.1) is 0 Å². The van der Waals surface area contributed by atoms with E-state index in [0.717, 1.165) is 0 Å². The summed E-state index contributed by atoms with van der Waals surface area (Å²) in [5.41, 5.74) is 16.2. The summed E-state index contributed by atoms with van der Waals surface area (Å²) in [5.74, 6) is 0. The molecule has 0 radical (unpaired) electrons. The minimum atomic E-state index is 0.0989. The molecule has 0 bridgehead atoms. The molecule has 72 heavy (non-hydrogen) atoms. The second-order valence-electron chi connectivity index (χ2n) is 19.0. The number of benzene rings is 13. The molecule has 2 heteroatoms. The van der Waals surface area contributed by atoms with Crippen LogP contribution < -0.4 is 0 Å². The van der Waals surface area contributed by atoms with Crippen LogP contribution >= 0.6 is 0 Å². The molecular weight excluding hydrogens is 934 g/mol. The Kier molecular flexibility index (Phi) is 9.35. The molecule has 0 aliphatic heterocycles. The maximum Gasteiger partial charge on any atom is -0.0544 e. The average Bonchev–Trinajstić information content (AvgIpc) is 3.99. The van der Waals surface area contributed by atoms with Crippen molar-refractivity contribution in [3.63, 3.8) is 0 Å². The van der Waals surface area contributed by atoms with E-state index in [1.807, 2.05) is 0 Å². The van der Waals surface area contributed by atoms with Crippen molar-refractivity contribution in [2.75, 3.05) is 0 Å². The molecule has 0 fully saturated rings. The first-order valence-electron chi connectivity index (χ1n) is 24.8. The van der Waals surface area contributed by atoms with Gasteiger partial charge in [-0.25, -0.2) is 0 Å². The van der Waals surface area contributed by atoms with E-state index in [1.165, 1.54) is 146 Å². The minimum Gasteiger partial charge on any atom is -0.0617 e. The van der Waals surface area contributed by atoms with Crippen molar-refractivity contribution in [1.82, 2.24) is 4.57 Å². The van der Waals surface area contributed by atoms with Crippen LogP contribution in [0.4, 0.5) is 0 Å². The number of hydrogen-bond acceptors (Lipinski definition) is 0. The summed E-state index contributed by atoms with van der Waals surface area (Å²) < 4.78 is 5.44.